The van der Waals surface area contributed by atoms with Crippen molar-refractivity contribution in [2.75, 3.05) is 19.8 Å². The molecule has 0 spiro atoms. The fourth-order valence-electron chi connectivity index (χ4n) is 2.58. The molecule has 4 N–H and O–H groups in total. The second kappa shape index (κ2) is 18.6. The first-order chi connectivity index (χ1) is 15.6. The number of carbonyl (C=O) groups excluding carboxylic acids is 2. The molecule has 1 amide bonds. The lowest BCUT2D eigenvalue weighted by Gasteiger charge is -2.18. The largest absolute Gasteiger partial charge is 0.480 e. The summed E-state index contributed by atoms with van der Waals surface area (Å²) >= 11 is 0. The van der Waals surface area contributed by atoms with Gasteiger partial charge in [-0.15, -0.1) is 0 Å². The number of nitrogens with one attached hydrogen (secondary N) is 1. The zero-order valence-corrected chi connectivity index (χ0v) is 20.3. The normalized spacial score (nSPS) is 15.0. The average Bonchev–Trinajstić information content (AvgIpc) is 2.74. The second-order valence-corrected chi connectivity index (χ2v) is 9.01. The predicted molar refractivity (Wildman–Crippen MR) is 120 cm³/mol. The number of phosphoric acid groups is 1. The zero-order valence-electron chi connectivity index (χ0n) is 19.4. The summed E-state index contributed by atoms with van der Waals surface area (Å²) in [7, 11) is -4.69. The van der Waals surface area contributed by atoms with Crippen LogP contribution in [0.15, 0.2) is 12.2 Å². The number of carboxylic acids is 1. The molecule has 0 aromatic rings. The van der Waals surface area contributed by atoms with Crippen LogP contribution in [0.1, 0.15) is 71.6 Å². The number of amides is 1. The molecule has 0 bridgehead atoms. The molecule has 3 unspecified atom stereocenters. The van der Waals surface area contributed by atoms with Crippen LogP contribution in [-0.4, -0.2) is 64.9 Å². The van der Waals surface area contributed by atoms with E-state index in [1.807, 2.05) is 5.32 Å². The van der Waals surface area contributed by atoms with Gasteiger partial charge >= 0.3 is 19.8 Å². The van der Waals surface area contributed by atoms with Gasteiger partial charge in [-0.1, -0.05) is 44.8 Å². The summed E-state index contributed by atoms with van der Waals surface area (Å²) in [4.78, 5) is 43.1. The fraction of sp³-hybridized carbons (Fsp3) is 0.762. The number of hydrogen-bond donors (Lipinski definition) is 4. The third-order valence-corrected chi connectivity index (χ3v) is 5.27. The number of phosphoric ester groups is 1. The highest BCUT2D eigenvalue weighted by molar-refractivity contribution is 7.47. The van der Waals surface area contributed by atoms with Gasteiger partial charge in [-0.2, -0.15) is 0 Å². The molecule has 0 aliphatic carbocycles. The highest BCUT2D eigenvalue weighted by Crippen LogP contribution is 2.43. The number of ether oxygens (including phenoxy) is 1. The van der Waals surface area contributed by atoms with Crippen molar-refractivity contribution in [3.8, 4) is 0 Å². The van der Waals surface area contributed by atoms with E-state index in [1.165, 1.54) is 0 Å². The monoisotopic (exact) mass is 495 g/mol. The standard InChI is InChI=1S/C21H38NO10P/c1-3-4-5-6-7-8-9-10-11-12-13-20(25)30-14-18(24)15-31-33(28,29)32-16-19(21(26)27)22-17(2)23/h5-6,18-19,24H,3-4,7-16H2,1-2H3,(H,22,23)(H,26,27)(H,28,29)/b6-5-. The number of carbonyl (C=O) groups is 3. The molecule has 0 heterocycles. The van der Waals surface area contributed by atoms with Crippen LogP contribution >= 0.6 is 7.82 Å². The molecule has 0 saturated heterocycles. The van der Waals surface area contributed by atoms with Crippen molar-refractivity contribution in [3.05, 3.63) is 12.2 Å². The molecule has 0 radical (unpaired) electrons. The van der Waals surface area contributed by atoms with E-state index in [2.05, 4.69) is 28.1 Å². The van der Waals surface area contributed by atoms with E-state index in [9.17, 15) is 28.9 Å². The molecule has 0 rings (SSSR count). The fourth-order valence-corrected chi connectivity index (χ4v) is 3.35. The maximum absolute atomic E-state index is 11.8. The summed E-state index contributed by atoms with van der Waals surface area (Å²) in [5.74, 6) is -2.61. The van der Waals surface area contributed by atoms with Crippen molar-refractivity contribution in [1.29, 1.82) is 0 Å². The first kappa shape index (κ1) is 31.2. The third-order valence-electron chi connectivity index (χ3n) is 4.32. The smallest absolute Gasteiger partial charge is 0.472 e. The molecule has 0 aromatic heterocycles. The Kier molecular flexibility index (Phi) is 17.6. The number of aliphatic carboxylic acids is 1. The Balaban J connectivity index is 3.92. The molecule has 0 saturated carbocycles. The number of aliphatic hydroxyl groups is 1. The quantitative estimate of drug-likeness (QED) is 0.0852. The lowest BCUT2D eigenvalue weighted by molar-refractivity contribution is -0.147. The van der Waals surface area contributed by atoms with Crippen LogP contribution < -0.4 is 5.32 Å². The van der Waals surface area contributed by atoms with Gasteiger partial charge in [0, 0.05) is 13.3 Å². The highest BCUT2D eigenvalue weighted by atomic mass is 31.2. The molecule has 0 aliphatic rings. The number of rotatable bonds is 20. The third kappa shape index (κ3) is 19.4. The van der Waals surface area contributed by atoms with Gasteiger partial charge in [-0.05, 0) is 25.7 Å². The van der Waals surface area contributed by atoms with E-state index in [-0.39, 0.29) is 6.42 Å². The molecule has 3 atom stereocenters. The van der Waals surface area contributed by atoms with Gasteiger partial charge < -0.3 is 25.2 Å². The summed E-state index contributed by atoms with van der Waals surface area (Å²) in [6, 6.07) is -1.54. The minimum absolute atomic E-state index is 0.214. The number of carboxylic acid groups (broad SMARTS) is 1. The van der Waals surface area contributed by atoms with Gasteiger partial charge in [0.25, 0.3) is 0 Å². The topological polar surface area (TPSA) is 169 Å². The zero-order chi connectivity index (χ0) is 25.1. The lowest BCUT2D eigenvalue weighted by Crippen LogP contribution is -2.42. The Morgan fingerprint density at radius 2 is 1.58 bits per heavy atom. The van der Waals surface area contributed by atoms with Crippen molar-refractivity contribution in [3.63, 3.8) is 0 Å². The first-order valence-electron chi connectivity index (χ1n) is 11.2. The maximum Gasteiger partial charge on any atom is 0.472 e. The van der Waals surface area contributed by atoms with Crippen LogP contribution in [0.2, 0.25) is 0 Å². The molecule has 33 heavy (non-hydrogen) atoms. The number of allylic oxidation sites excluding steroid dienone is 2. The molecule has 0 aromatic carbocycles. The Morgan fingerprint density at radius 3 is 2.21 bits per heavy atom. The number of esters is 1. The van der Waals surface area contributed by atoms with Crippen molar-refractivity contribution in [2.45, 2.75) is 83.8 Å². The van der Waals surface area contributed by atoms with E-state index in [1.54, 1.807) is 0 Å². The molecular formula is C21H38NO10P. The van der Waals surface area contributed by atoms with Crippen molar-refractivity contribution in [2.24, 2.45) is 0 Å². The average molecular weight is 496 g/mol. The summed E-state index contributed by atoms with van der Waals surface area (Å²) < 4.78 is 25.8. The Bertz CT molecular complexity index is 655. The molecule has 12 heteroatoms. The minimum atomic E-state index is -4.69. The van der Waals surface area contributed by atoms with E-state index < -0.39 is 57.6 Å². The van der Waals surface area contributed by atoms with Gasteiger partial charge in [-0.3, -0.25) is 18.6 Å². The Hall–Kier alpha value is -1.78. The van der Waals surface area contributed by atoms with E-state index in [4.69, 9.17) is 9.84 Å². The van der Waals surface area contributed by atoms with E-state index in [0.717, 1.165) is 51.9 Å². The minimum Gasteiger partial charge on any atom is -0.480 e. The molecular weight excluding hydrogens is 457 g/mol. The SMILES string of the molecule is CCC/C=C\CCCCCCCC(=O)OCC(O)COP(=O)(O)OCC(NC(C)=O)C(=O)O. The van der Waals surface area contributed by atoms with Gasteiger partial charge in [0.1, 0.15) is 12.7 Å². The Morgan fingerprint density at radius 1 is 0.970 bits per heavy atom. The molecule has 0 fully saturated rings. The van der Waals surface area contributed by atoms with E-state index in [0.29, 0.717) is 6.42 Å². The van der Waals surface area contributed by atoms with Crippen LogP contribution in [0.25, 0.3) is 0 Å². The summed E-state index contributed by atoms with van der Waals surface area (Å²) in [5, 5.41) is 20.7. The van der Waals surface area contributed by atoms with Crippen LogP contribution in [0, 0.1) is 0 Å². The number of hydrogen-bond acceptors (Lipinski definition) is 8. The number of aliphatic hydroxyl groups excluding tert-OH is 1. The molecule has 192 valence electrons. The lowest BCUT2D eigenvalue weighted by atomic mass is 10.1. The second-order valence-electron chi connectivity index (χ2n) is 7.55. The summed E-state index contributed by atoms with van der Waals surface area (Å²) in [6.07, 6.45) is 11.4. The van der Waals surface area contributed by atoms with Gasteiger partial charge in [0.05, 0.1) is 13.2 Å². The highest BCUT2D eigenvalue weighted by Gasteiger charge is 2.28. The van der Waals surface area contributed by atoms with Crippen molar-refractivity contribution < 1.29 is 47.8 Å². The van der Waals surface area contributed by atoms with Crippen LogP contribution in [-0.2, 0) is 32.7 Å². The van der Waals surface area contributed by atoms with Gasteiger partial charge in [0.15, 0.2) is 6.04 Å². The van der Waals surface area contributed by atoms with Gasteiger partial charge in [0.2, 0.25) is 5.91 Å². The van der Waals surface area contributed by atoms with Gasteiger partial charge in [-0.25, -0.2) is 9.36 Å². The van der Waals surface area contributed by atoms with Crippen LogP contribution in [0.4, 0.5) is 0 Å². The summed E-state index contributed by atoms with van der Waals surface area (Å²) in [5.41, 5.74) is 0. The number of unbranched alkanes of at least 4 members (excludes halogenated alkanes) is 6. The molecule has 11 nitrogen and oxygen atoms in total. The summed E-state index contributed by atoms with van der Waals surface area (Å²) in [6.45, 7) is 1.31. The van der Waals surface area contributed by atoms with Crippen LogP contribution in [0.3, 0.4) is 0 Å². The Labute approximate surface area is 195 Å². The van der Waals surface area contributed by atoms with E-state index >= 15 is 0 Å². The van der Waals surface area contributed by atoms with Crippen molar-refractivity contribution >= 4 is 25.7 Å². The van der Waals surface area contributed by atoms with Crippen molar-refractivity contribution in [1.82, 2.24) is 5.32 Å². The first-order valence-corrected chi connectivity index (χ1v) is 12.7. The maximum atomic E-state index is 11.8. The van der Waals surface area contributed by atoms with Crippen LogP contribution in [0.5, 0.6) is 0 Å². The predicted octanol–water partition coefficient (Wildman–Crippen LogP) is 2.70. The molecule has 0 aliphatic heterocycles.